The molecule has 7 nitrogen and oxygen atoms in total. The molecule has 3 rings (SSSR count). The maximum atomic E-state index is 5.42. The van der Waals surface area contributed by atoms with Crippen LogP contribution in [0.3, 0.4) is 0 Å². The first-order valence-corrected chi connectivity index (χ1v) is 10.5. The highest BCUT2D eigenvalue weighted by molar-refractivity contribution is 5.62. The van der Waals surface area contributed by atoms with Gasteiger partial charge in [-0.3, -0.25) is 4.90 Å². The van der Waals surface area contributed by atoms with Gasteiger partial charge in [-0.2, -0.15) is 0 Å². The molecular formula is C22H34N6O. The van der Waals surface area contributed by atoms with Crippen molar-refractivity contribution in [2.24, 2.45) is 0 Å². The van der Waals surface area contributed by atoms with E-state index in [0.717, 1.165) is 56.7 Å². The quantitative estimate of drug-likeness (QED) is 0.669. The molecule has 2 N–H and O–H groups in total. The number of aromatic nitrogens is 2. The molecule has 158 valence electrons. The fourth-order valence-electron chi connectivity index (χ4n) is 3.67. The molecule has 1 saturated heterocycles. The molecule has 1 aromatic carbocycles. The van der Waals surface area contributed by atoms with E-state index in [2.05, 4.69) is 82.4 Å². The van der Waals surface area contributed by atoms with Crippen LogP contribution in [0.4, 0.5) is 23.0 Å². The van der Waals surface area contributed by atoms with Crippen LogP contribution in [0, 0.1) is 0 Å². The first kappa shape index (κ1) is 21.3. The largest absolute Gasteiger partial charge is 0.378 e. The van der Waals surface area contributed by atoms with Gasteiger partial charge >= 0.3 is 0 Å². The number of hydrogen-bond donors (Lipinski definition) is 2. The highest BCUT2D eigenvalue weighted by Gasteiger charge is 2.13. The van der Waals surface area contributed by atoms with E-state index in [-0.39, 0.29) is 0 Å². The molecule has 7 heteroatoms. The van der Waals surface area contributed by atoms with Crippen molar-refractivity contribution in [3.05, 3.63) is 36.7 Å². The molecule has 0 atom stereocenters. The summed E-state index contributed by atoms with van der Waals surface area (Å²) in [4.78, 5) is 13.5. The number of rotatable bonds is 9. The summed E-state index contributed by atoms with van der Waals surface area (Å²) in [7, 11) is 0. The topological polar surface area (TPSA) is 65.5 Å². The van der Waals surface area contributed by atoms with Gasteiger partial charge in [0, 0.05) is 55.7 Å². The van der Waals surface area contributed by atoms with Crippen molar-refractivity contribution in [1.29, 1.82) is 0 Å². The van der Waals surface area contributed by atoms with Crippen LogP contribution < -0.4 is 15.5 Å². The van der Waals surface area contributed by atoms with Crippen LogP contribution in [0.1, 0.15) is 27.7 Å². The minimum Gasteiger partial charge on any atom is -0.378 e. The molecule has 29 heavy (non-hydrogen) atoms. The standard InChI is InChI=1S/C22H34N6O/c1-17(2)28(18(3)4)10-9-23-21-15-22(25-16-24-21)26-19-5-7-20(8-6-19)27-11-13-29-14-12-27/h5-8,15-18H,9-14H2,1-4H3,(H2,23,24,25,26). The zero-order chi connectivity index (χ0) is 20.6. The van der Waals surface area contributed by atoms with Crippen molar-refractivity contribution < 1.29 is 4.74 Å². The summed E-state index contributed by atoms with van der Waals surface area (Å²) in [6, 6.07) is 11.5. The Labute approximate surface area is 174 Å². The third-order valence-corrected chi connectivity index (χ3v) is 5.19. The van der Waals surface area contributed by atoms with Crippen LogP contribution in [0.2, 0.25) is 0 Å². The summed E-state index contributed by atoms with van der Waals surface area (Å²) in [6.07, 6.45) is 1.59. The predicted molar refractivity (Wildman–Crippen MR) is 120 cm³/mol. The lowest BCUT2D eigenvalue weighted by atomic mass is 10.2. The number of benzene rings is 1. The number of morpholine rings is 1. The second-order valence-electron chi connectivity index (χ2n) is 7.91. The van der Waals surface area contributed by atoms with Gasteiger partial charge in [0.25, 0.3) is 0 Å². The molecule has 0 spiro atoms. The lowest BCUT2D eigenvalue weighted by Gasteiger charge is -2.30. The van der Waals surface area contributed by atoms with Gasteiger partial charge in [-0.15, -0.1) is 0 Å². The van der Waals surface area contributed by atoms with Crippen molar-refractivity contribution >= 4 is 23.0 Å². The first-order valence-electron chi connectivity index (χ1n) is 10.5. The van der Waals surface area contributed by atoms with Crippen LogP contribution in [-0.2, 0) is 4.74 Å². The average molecular weight is 399 g/mol. The molecule has 1 aromatic heterocycles. The van der Waals surface area contributed by atoms with Gasteiger partial charge in [-0.25, -0.2) is 9.97 Å². The Morgan fingerprint density at radius 2 is 1.66 bits per heavy atom. The first-order chi connectivity index (χ1) is 14.0. The van der Waals surface area contributed by atoms with Crippen molar-refractivity contribution in [1.82, 2.24) is 14.9 Å². The molecule has 0 bridgehead atoms. The summed E-state index contributed by atoms with van der Waals surface area (Å²) < 4.78 is 5.42. The lowest BCUT2D eigenvalue weighted by Crippen LogP contribution is -2.40. The molecule has 0 amide bonds. The van der Waals surface area contributed by atoms with E-state index < -0.39 is 0 Å². The Morgan fingerprint density at radius 3 is 2.31 bits per heavy atom. The Kier molecular flexibility index (Phi) is 7.66. The van der Waals surface area contributed by atoms with E-state index in [1.807, 2.05) is 6.07 Å². The van der Waals surface area contributed by atoms with E-state index in [1.165, 1.54) is 5.69 Å². The predicted octanol–water partition coefficient (Wildman–Crippen LogP) is 3.59. The van der Waals surface area contributed by atoms with Gasteiger partial charge in [0.2, 0.25) is 0 Å². The molecule has 1 aliphatic heterocycles. The van der Waals surface area contributed by atoms with Crippen LogP contribution in [0.25, 0.3) is 0 Å². The highest BCUT2D eigenvalue weighted by atomic mass is 16.5. The molecule has 0 radical (unpaired) electrons. The smallest absolute Gasteiger partial charge is 0.135 e. The number of ether oxygens (including phenoxy) is 1. The third-order valence-electron chi connectivity index (χ3n) is 5.19. The van der Waals surface area contributed by atoms with Gasteiger partial charge < -0.3 is 20.3 Å². The van der Waals surface area contributed by atoms with Crippen LogP contribution in [-0.4, -0.2) is 66.3 Å². The number of nitrogens with zero attached hydrogens (tertiary/aromatic N) is 4. The number of nitrogens with one attached hydrogen (secondary N) is 2. The van der Waals surface area contributed by atoms with E-state index in [1.54, 1.807) is 6.33 Å². The Bertz CT molecular complexity index is 735. The summed E-state index contributed by atoms with van der Waals surface area (Å²) in [5, 5.41) is 6.78. The Balaban J connectivity index is 1.54. The fraction of sp³-hybridized carbons (Fsp3) is 0.545. The summed E-state index contributed by atoms with van der Waals surface area (Å²) in [5.41, 5.74) is 2.24. The maximum absolute atomic E-state index is 5.42. The van der Waals surface area contributed by atoms with Gasteiger partial charge in [-0.1, -0.05) is 0 Å². The van der Waals surface area contributed by atoms with Crippen molar-refractivity contribution in [3.8, 4) is 0 Å². The number of anilines is 4. The van der Waals surface area contributed by atoms with Gasteiger partial charge in [0.15, 0.2) is 0 Å². The molecule has 1 fully saturated rings. The monoisotopic (exact) mass is 398 g/mol. The summed E-state index contributed by atoms with van der Waals surface area (Å²) in [6.45, 7) is 14.2. The Hall–Kier alpha value is -2.38. The molecule has 0 aliphatic carbocycles. The zero-order valence-corrected chi connectivity index (χ0v) is 18.1. The highest BCUT2D eigenvalue weighted by Crippen LogP contribution is 2.21. The molecule has 2 heterocycles. The number of hydrogen-bond acceptors (Lipinski definition) is 7. The SMILES string of the molecule is CC(C)N(CCNc1cc(Nc2ccc(N3CCOCC3)cc2)ncn1)C(C)C. The minimum absolute atomic E-state index is 0.528. The van der Waals surface area contributed by atoms with Crippen molar-refractivity contribution in [2.45, 2.75) is 39.8 Å². The zero-order valence-electron chi connectivity index (χ0n) is 18.1. The lowest BCUT2D eigenvalue weighted by molar-refractivity contribution is 0.122. The van der Waals surface area contributed by atoms with E-state index in [4.69, 9.17) is 4.74 Å². The maximum Gasteiger partial charge on any atom is 0.135 e. The second-order valence-corrected chi connectivity index (χ2v) is 7.91. The average Bonchev–Trinajstić information content (AvgIpc) is 2.72. The van der Waals surface area contributed by atoms with E-state index >= 15 is 0 Å². The second kappa shape index (κ2) is 10.4. The third kappa shape index (κ3) is 6.30. The Morgan fingerprint density at radius 1 is 1.00 bits per heavy atom. The van der Waals surface area contributed by atoms with Crippen LogP contribution >= 0.6 is 0 Å². The van der Waals surface area contributed by atoms with Gasteiger partial charge in [0.1, 0.15) is 18.0 Å². The van der Waals surface area contributed by atoms with Crippen LogP contribution in [0.5, 0.6) is 0 Å². The van der Waals surface area contributed by atoms with E-state index in [0.29, 0.717) is 12.1 Å². The molecule has 2 aromatic rings. The van der Waals surface area contributed by atoms with Crippen LogP contribution in [0.15, 0.2) is 36.7 Å². The van der Waals surface area contributed by atoms with Gasteiger partial charge in [-0.05, 0) is 52.0 Å². The normalized spacial score (nSPS) is 14.7. The van der Waals surface area contributed by atoms with Crippen molar-refractivity contribution in [2.75, 3.05) is 54.9 Å². The summed E-state index contributed by atoms with van der Waals surface area (Å²) in [5.74, 6) is 1.62. The molecule has 0 saturated carbocycles. The molecule has 1 aliphatic rings. The minimum atomic E-state index is 0.528. The van der Waals surface area contributed by atoms with E-state index in [9.17, 15) is 0 Å². The molecular weight excluding hydrogens is 364 g/mol. The van der Waals surface area contributed by atoms with Crippen molar-refractivity contribution in [3.63, 3.8) is 0 Å². The summed E-state index contributed by atoms with van der Waals surface area (Å²) >= 11 is 0. The van der Waals surface area contributed by atoms with Gasteiger partial charge in [0.05, 0.1) is 13.2 Å². The fourth-order valence-corrected chi connectivity index (χ4v) is 3.67. The molecule has 0 unspecified atom stereocenters.